The summed E-state index contributed by atoms with van der Waals surface area (Å²) in [6.07, 6.45) is 0. The van der Waals surface area contributed by atoms with Crippen molar-refractivity contribution < 1.29 is 33.0 Å². The molecule has 33 heavy (non-hydrogen) atoms. The van der Waals surface area contributed by atoms with E-state index in [1.54, 1.807) is 0 Å². The molecule has 0 saturated carbocycles. The number of phenols is 1. The van der Waals surface area contributed by atoms with Crippen molar-refractivity contribution in [1.29, 1.82) is 0 Å². The summed E-state index contributed by atoms with van der Waals surface area (Å²) in [5.74, 6) is -5.36. The van der Waals surface area contributed by atoms with E-state index in [-0.39, 0.29) is 21.5 Å². The summed E-state index contributed by atoms with van der Waals surface area (Å²) in [7, 11) is -4.16. The Kier molecular flexibility index (Phi) is 6.59. The number of amides is 2. The molecule has 0 spiro atoms. The molecule has 1 aromatic heterocycles. The van der Waals surface area contributed by atoms with Gasteiger partial charge in [0, 0.05) is 27.1 Å². The van der Waals surface area contributed by atoms with Gasteiger partial charge in [-0.25, -0.2) is 13.2 Å². The number of nitrogens with two attached hydrogens (primary N) is 1. The monoisotopic (exact) mass is 513 g/mol. The zero-order chi connectivity index (χ0) is 24.7. The maximum absolute atomic E-state index is 13.0. The second-order valence-corrected chi connectivity index (χ2v) is 9.79. The average molecular weight is 514 g/mol. The van der Waals surface area contributed by atoms with Gasteiger partial charge in [-0.3, -0.25) is 9.59 Å². The Balaban J connectivity index is 2.65. The number of benzene rings is 2. The molecule has 0 aliphatic rings. The van der Waals surface area contributed by atoms with Gasteiger partial charge in [-0.2, -0.15) is 0 Å². The van der Waals surface area contributed by atoms with Crippen molar-refractivity contribution >= 4 is 67.4 Å². The van der Waals surface area contributed by atoms with E-state index in [0.717, 1.165) is 6.07 Å². The van der Waals surface area contributed by atoms with Crippen molar-refractivity contribution in [3.63, 3.8) is 0 Å². The van der Waals surface area contributed by atoms with Crippen LogP contribution in [-0.4, -0.2) is 53.0 Å². The summed E-state index contributed by atoms with van der Waals surface area (Å²) in [6.45, 7) is 1.33. The summed E-state index contributed by atoms with van der Waals surface area (Å²) >= 11 is 11.7. The number of carbonyl (C=O) groups is 3. The molecule has 0 unspecified atom stereocenters. The van der Waals surface area contributed by atoms with E-state index in [1.165, 1.54) is 25.1 Å². The Morgan fingerprint density at radius 1 is 1.18 bits per heavy atom. The number of aromatic carboxylic acids is 1. The third-order valence-electron chi connectivity index (χ3n) is 4.85. The molecule has 1 heterocycles. The number of carboxylic acid groups (broad SMARTS) is 1. The molecular formula is C20H17Cl2N3O7S. The lowest BCUT2D eigenvalue weighted by molar-refractivity contribution is -0.113. The van der Waals surface area contributed by atoms with Crippen LogP contribution in [0.25, 0.3) is 22.0 Å². The van der Waals surface area contributed by atoms with Gasteiger partial charge in [0.1, 0.15) is 11.6 Å². The van der Waals surface area contributed by atoms with Gasteiger partial charge in [0.05, 0.1) is 21.9 Å². The third-order valence-corrected chi connectivity index (χ3v) is 7.08. The maximum Gasteiger partial charge on any atom is 0.352 e. The standard InChI is InChI=1S/C20H17Cl2N3O7S/c1-2-33(31,32)12-6-10(19(23)28)18(27)16(25-13(26)7-21)15(12)14-9-5-8(22)3-4-11(9)24-17(14)20(29)30/h3-6,24,27H,2,7H2,1H3,(H2,23,28)(H,25,26)(H,29,30). The number of aromatic amines is 1. The molecule has 174 valence electrons. The Bertz CT molecular complexity index is 1430. The molecule has 0 bridgehead atoms. The number of rotatable bonds is 7. The molecule has 0 saturated heterocycles. The Labute approximate surface area is 197 Å². The summed E-state index contributed by atoms with van der Waals surface area (Å²) in [5, 5.41) is 23.3. The minimum atomic E-state index is -4.16. The number of carboxylic acids is 1. The van der Waals surface area contributed by atoms with Crippen molar-refractivity contribution in [3.8, 4) is 16.9 Å². The van der Waals surface area contributed by atoms with Crippen LogP contribution in [-0.2, 0) is 14.6 Å². The SMILES string of the molecule is CCS(=O)(=O)c1cc(C(N)=O)c(O)c(NC(=O)CCl)c1-c1c(C(=O)O)[nH]c2ccc(Cl)cc12. The number of aromatic nitrogens is 1. The van der Waals surface area contributed by atoms with Crippen LogP contribution < -0.4 is 11.1 Å². The van der Waals surface area contributed by atoms with Gasteiger partial charge >= 0.3 is 5.97 Å². The number of halogens is 2. The van der Waals surface area contributed by atoms with Gasteiger partial charge in [0.2, 0.25) is 5.91 Å². The van der Waals surface area contributed by atoms with Gasteiger partial charge in [-0.05, 0) is 24.3 Å². The van der Waals surface area contributed by atoms with Crippen LogP contribution in [0.4, 0.5) is 5.69 Å². The molecule has 3 rings (SSSR count). The highest BCUT2D eigenvalue weighted by atomic mass is 35.5. The number of hydrogen-bond donors (Lipinski definition) is 5. The number of nitrogens with one attached hydrogen (secondary N) is 2. The van der Waals surface area contributed by atoms with E-state index in [1.807, 2.05) is 0 Å². The second-order valence-electron chi connectivity index (χ2n) is 6.84. The van der Waals surface area contributed by atoms with Crippen molar-refractivity contribution in [2.75, 3.05) is 16.9 Å². The van der Waals surface area contributed by atoms with Crippen molar-refractivity contribution in [2.24, 2.45) is 5.73 Å². The number of alkyl halides is 1. The molecule has 0 radical (unpaired) electrons. The Morgan fingerprint density at radius 2 is 1.85 bits per heavy atom. The normalized spacial score (nSPS) is 11.5. The van der Waals surface area contributed by atoms with Crippen LogP contribution in [0.3, 0.4) is 0 Å². The minimum Gasteiger partial charge on any atom is -0.505 e. The number of primary amides is 1. The van der Waals surface area contributed by atoms with E-state index in [2.05, 4.69) is 10.3 Å². The lowest BCUT2D eigenvalue weighted by Crippen LogP contribution is -2.19. The second kappa shape index (κ2) is 8.93. The highest BCUT2D eigenvalue weighted by Gasteiger charge is 2.32. The van der Waals surface area contributed by atoms with Crippen LogP contribution in [0, 0.1) is 0 Å². The number of aromatic hydroxyl groups is 1. The molecule has 2 aromatic carbocycles. The number of carbonyl (C=O) groups excluding carboxylic acids is 2. The number of hydrogen-bond acceptors (Lipinski definition) is 6. The molecule has 2 amide bonds. The molecule has 0 aliphatic carbocycles. The molecule has 13 heteroatoms. The first kappa shape index (κ1) is 24.4. The Morgan fingerprint density at radius 3 is 2.39 bits per heavy atom. The smallest absolute Gasteiger partial charge is 0.352 e. The van der Waals surface area contributed by atoms with E-state index < -0.39 is 66.8 Å². The van der Waals surface area contributed by atoms with Crippen molar-refractivity contribution in [1.82, 2.24) is 4.98 Å². The van der Waals surface area contributed by atoms with E-state index in [9.17, 15) is 33.0 Å². The first-order valence-corrected chi connectivity index (χ1v) is 11.8. The van der Waals surface area contributed by atoms with Crippen LogP contribution in [0.2, 0.25) is 5.02 Å². The van der Waals surface area contributed by atoms with Gasteiger partial charge in [-0.1, -0.05) is 18.5 Å². The third kappa shape index (κ3) is 4.34. The molecule has 10 nitrogen and oxygen atoms in total. The van der Waals surface area contributed by atoms with Crippen molar-refractivity contribution in [3.05, 3.63) is 40.5 Å². The van der Waals surface area contributed by atoms with Gasteiger partial charge in [-0.15, -0.1) is 11.6 Å². The molecule has 0 fully saturated rings. The number of sulfone groups is 1. The summed E-state index contributed by atoms with van der Waals surface area (Å²) in [6, 6.07) is 5.21. The largest absolute Gasteiger partial charge is 0.505 e. The highest BCUT2D eigenvalue weighted by Crippen LogP contribution is 2.47. The molecule has 0 atom stereocenters. The number of fused-ring (bicyclic) bond motifs is 1. The predicted octanol–water partition coefficient (Wildman–Crippen LogP) is 2.96. The van der Waals surface area contributed by atoms with Gasteiger partial charge in [0.25, 0.3) is 5.91 Å². The predicted molar refractivity (Wildman–Crippen MR) is 123 cm³/mol. The molecular weight excluding hydrogens is 497 g/mol. The zero-order valence-electron chi connectivity index (χ0n) is 16.9. The van der Waals surface area contributed by atoms with E-state index in [4.69, 9.17) is 28.9 Å². The van der Waals surface area contributed by atoms with Gasteiger partial charge in [0.15, 0.2) is 15.6 Å². The lowest BCUT2D eigenvalue weighted by Gasteiger charge is -2.19. The van der Waals surface area contributed by atoms with Crippen molar-refractivity contribution in [2.45, 2.75) is 11.8 Å². The summed E-state index contributed by atoms with van der Waals surface area (Å²) < 4.78 is 26.1. The maximum atomic E-state index is 13.0. The lowest BCUT2D eigenvalue weighted by atomic mass is 9.96. The fourth-order valence-corrected chi connectivity index (χ4v) is 4.73. The zero-order valence-corrected chi connectivity index (χ0v) is 19.2. The fourth-order valence-electron chi connectivity index (χ4n) is 3.36. The number of H-pyrrole nitrogens is 1. The van der Waals surface area contributed by atoms with Gasteiger partial charge < -0.3 is 26.2 Å². The minimum absolute atomic E-state index is 0.178. The van der Waals surface area contributed by atoms with Crippen LogP contribution in [0.1, 0.15) is 27.8 Å². The number of anilines is 1. The first-order valence-electron chi connectivity index (χ1n) is 9.26. The quantitative estimate of drug-likeness (QED) is 0.237. The topological polar surface area (TPSA) is 180 Å². The van der Waals surface area contributed by atoms with E-state index in [0.29, 0.717) is 5.52 Å². The molecule has 0 aliphatic heterocycles. The van der Waals surface area contributed by atoms with Crippen LogP contribution >= 0.6 is 23.2 Å². The fraction of sp³-hybridized carbons (Fsp3) is 0.150. The summed E-state index contributed by atoms with van der Waals surface area (Å²) in [5.41, 5.74) is 3.50. The highest BCUT2D eigenvalue weighted by molar-refractivity contribution is 7.91. The molecule has 3 aromatic rings. The summed E-state index contributed by atoms with van der Waals surface area (Å²) in [4.78, 5) is 38.3. The average Bonchev–Trinajstić information content (AvgIpc) is 3.12. The Hall–Kier alpha value is -3.28. The van der Waals surface area contributed by atoms with E-state index >= 15 is 0 Å². The van der Waals surface area contributed by atoms with Crippen LogP contribution in [0.15, 0.2) is 29.2 Å². The first-order chi connectivity index (χ1) is 15.4. The molecule has 6 N–H and O–H groups in total. The van der Waals surface area contributed by atoms with Crippen LogP contribution in [0.5, 0.6) is 5.75 Å².